The van der Waals surface area contributed by atoms with Gasteiger partial charge in [-0.05, 0) is 66.3 Å². The lowest BCUT2D eigenvalue weighted by Gasteiger charge is -2.23. The van der Waals surface area contributed by atoms with E-state index in [1.807, 2.05) is 36.4 Å². The van der Waals surface area contributed by atoms with Crippen molar-refractivity contribution in [3.8, 4) is 0 Å². The molecule has 0 unspecified atom stereocenters. The molecule has 0 aromatic heterocycles. The Kier molecular flexibility index (Phi) is 9.54. The molecule has 0 saturated carbocycles. The van der Waals surface area contributed by atoms with E-state index in [1.54, 1.807) is 36.4 Å². The van der Waals surface area contributed by atoms with Gasteiger partial charge in [-0.1, -0.05) is 65.7 Å². The minimum atomic E-state index is -3.71. The first-order valence-corrected chi connectivity index (χ1v) is 13.1. The highest BCUT2D eigenvalue weighted by Crippen LogP contribution is 2.22. The number of hydrogen-bond acceptors (Lipinski definition) is 4. The van der Waals surface area contributed by atoms with Gasteiger partial charge in [0.05, 0.1) is 12.0 Å². The van der Waals surface area contributed by atoms with E-state index in [-0.39, 0.29) is 23.8 Å². The number of carbonyl (C=O) groups is 1. The van der Waals surface area contributed by atoms with Gasteiger partial charge in [-0.3, -0.25) is 4.79 Å². The molecule has 3 aromatic rings. The molecule has 3 aromatic carbocycles. The topological polar surface area (TPSA) is 63.7 Å². The number of rotatable bonds is 11. The van der Waals surface area contributed by atoms with Crippen LogP contribution in [-0.2, 0) is 38.9 Å². The lowest BCUT2D eigenvalue weighted by molar-refractivity contribution is -0.140. The molecule has 0 aliphatic carbocycles. The summed E-state index contributed by atoms with van der Waals surface area (Å²) in [6, 6.07) is 21.4. The maximum atomic E-state index is 13.4. The molecule has 3 rings (SSSR count). The normalized spacial score (nSPS) is 11.5. The lowest BCUT2D eigenvalue weighted by atomic mass is 10.1. The third-order valence-electron chi connectivity index (χ3n) is 5.37. The molecule has 0 radical (unpaired) electrons. The van der Waals surface area contributed by atoms with E-state index in [0.717, 1.165) is 16.7 Å². The summed E-state index contributed by atoms with van der Waals surface area (Å²) in [6.45, 7) is 0.549. The first-order chi connectivity index (χ1) is 16.3. The van der Waals surface area contributed by atoms with Crippen LogP contribution in [-0.4, -0.2) is 32.3 Å². The zero-order valence-electron chi connectivity index (χ0n) is 18.9. The predicted molar refractivity (Wildman–Crippen MR) is 136 cm³/mol. The molecule has 0 saturated heterocycles. The Morgan fingerprint density at radius 1 is 0.853 bits per heavy atom. The molecule has 0 aliphatic rings. The first kappa shape index (κ1) is 26.2. The number of carbonyl (C=O) groups excluding carboxylic acids is 1. The van der Waals surface area contributed by atoms with Crippen molar-refractivity contribution in [2.75, 3.05) is 13.7 Å². The summed E-state index contributed by atoms with van der Waals surface area (Å²) in [5.41, 5.74) is 2.76. The standard InChI is InChI=1S/C26H27Cl2NO4S/c1-33-26(30)13-12-20-7-5-8-22(15-20)19-29(34(31,32)25-10-3-2-4-11-25)14-6-9-21-16-23(27)18-24(28)17-21/h2-5,7-8,10-11,15-18H,6,9,12-14,19H2,1H3. The van der Waals surface area contributed by atoms with E-state index in [9.17, 15) is 13.2 Å². The van der Waals surface area contributed by atoms with Gasteiger partial charge in [-0.15, -0.1) is 0 Å². The summed E-state index contributed by atoms with van der Waals surface area (Å²) < 4.78 is 33.1. The highest BCUT2D eigenvalue weighted by atomic mass is 35.5. The van der Waals surface area contributed by atoms with Crippen LogP contribution in [0.1, 0.15) is 29.5 Å². The maximum absolute atomic E-state index is 13.4. The second kappa shape index (κ2) is 12.4. The number of benzene rings is 3. The second-order valence-electron chi connectivity index (χ2n) is 7.93. The summed E-state index contributed by atoms with van der Waals surface area (Å²) in [4.78, 5) is 11.7. The lowest BCUT2D eigenvalue weighted by Crippen LogP contribution is -2.32. The van der Waals surface area contributed by atoms with E-state index in [1.165, 1.54) is 11.4 Å². The van der Waals surface area contributed by atoms with Gasteiger partial charge in [-0.25, -0.2) is 8.42 Å². The summed E-state index contributed by atoms with van der Waals surface area (Å²) >= 11 is 12.2. The Hall–Kier alpha value is -2.38. The fourth-order valence-electron chi connectivity index (χ4n) is 3.68. The molecule has 8 heteroatoms. The molecule has 0 spiro atoms. The van der Waals surface area contributed by atoms with Crippen LogP contribution in [0.25, 0.3) is 0 Å². The number of sulfonamides is 1. The van der Waals surface area contributed by atoms with Gasteiger partial charge in [0, 0.05) is 29.6 Å². The molecule has 0 bridgehead atoms. The minimum absolute atomic E-state index is 0.222. The van der Waals surface area contributed by atoms with E-state index in [0.29, 0.717) is 35.9 Å². The largest absolute Gasteiger partial charge is 0.469 e. The van der Waals surface area contributed by atoms with Gasteiger partial charge in [0.2, 0.25) is 10.0 Å². The smallest absolute Gasteiger partial charge is 0.305 e. The molecule has 34 heavy (non-hydrogen) atoms. The Morgan fingerprint density at radius 3 is 2.21 bits per heavy atom. The average molecular weight is 520 g/mol. The van der Waals surface area contributed by atoms with E-state index in [4.69, 9.17) is 27.9 Å². The van der Waals surface area contributed by atoms with Crippen molar-refractivity contribution in [1.82, 2.24) is 4.31 Å². The number of ether oxygens (including phenoxy) is 1. The van der Waals surface area contributed by atoms with Gasteiger partial charge < -0.3 is 4.74 Å². The van der Waals surface area contributed by atoms with Crippen molar-refractivity contribution in [3.63, 3.8) is 0 Å². The zero-order chi connectivity index (χ0) is 24.6. The number of nitrogens with zero attached hydrogens (tertiary/aromatic N) is 1. The SMILES string of the molecule is COC(=O)CCc1cccc(CN(CCCc2cc(Cl)cc(Cl)c2)S(=O)(=O)c2ccccc2)c1. The number of halogens is 2. The molecule has 5 nitrogen and oxygen atoms in total. The Balaban J connectivity index is 1.78. The van der Waals surface area contributed by atoms with Crippen LogP contribution in [0.4, 0.5) is 0 Å². The third kappa shape index (κ3) is 7.57. The summed E-state index contributed by atoms with van der Waals surface area (Å²) in [5, 5.41) is 1.11. The molecule has 180 valence electrons. The van der Waals surface area contributed by atoms with Gasteiger partial charge >= 0.3 is 5.97 Å². The van der Waals surface area contributed by atoms with Crippen LogP contribution in [0.15, 0.2) is 77.7 Å². The fourth-order valence-corrected chi connectivity index (χ4v) is 5.74. The van der Waals surface area contributed by atoms with Crippen LogP contribution in [0, 0.1) is 0 Å². The van der Waals surface area contributed by atoms with Gasteiger partial charge in [-0.2, -0.15) is 4.31 Å². The molecule has 0 heterocycles. The number of aryl methyl sites for hydroxylation is 2. The highest BCUT2D eigenvalue weighted by Gasteiger charge is 2.24. The number of methoxy groups -OCH3 is 1. The van der Waals surface area contributed by atoms with Crippen LogP contribution in [0.2, 0.25) is 10.0 Å². The van der Waals surface area contributed by atoms with Gasteiger partial charge in [0.25, 0.3) is 0 Å². The van der Waals surface area contributed by atoms with E-state index in [2.05, 4.69) is 0 Å². The Labute approximate surface area is 211 Å². The molecule has 0 fully saturated rings. The summed E-state index contributed by atoms with van der Waals surface area (Å²) in [7, 11) is -2.34. The third-order valence-corrected chi connectivity index (χ3v) is 7.67. The highest BCUT2D eigenvalue weighted by molar-refractivity contribution is 7.89. The van der Waals surface area contributed by atoms with E-state index >= 15 is 0 Å². The molecule has 0 aliphatic heterocycles. The monoisotopic (exact) mass is 519 g/mol. The van der Waals surface area contributed by atoms with Crippen molar-refractivity contribution in [3.05, 3.63) is 99.5 Å². The number of esters is 1. The van der Waals surface area contributed by atoms with Gasteiger partial charge in [0.1, 0.15) is 0 Å². The number of hydrogen-bond donors (Lipinski definition) is 0. The second-order valence-corrected chi connectivity index (χ2v) is 10.7. The molecular weight excluding hydrogens is 493 g/mol. The quantitative estimate of drug-likeness (QED) is 0.295. The van der Waals surface area contributed by atoms with Crippen molar-refractivity contribution in [2.24, 2.45) is 0 Å². The van der Waals surface area contributed by atoms with Crippen molar-refractivity contribution < 1.29 is 17.9 Å². The van der Waals surface area contributed by atoms with Crippen LogP contribution in [0.5, 0.6) is 0 Å². The van der Waals surface area contributed by atoms with Crippen LogP contribution < -0.4 is 0 Å². The average Bonchev–Trinajstić information content (AvgIpc) is 2.82. The Bertz CT molecular complexity index is 1200. The maximum Gasteiger partial charge on any atom is 0.305 e. The summed E-state index contributed by atoms with van der Waals surface area (Å²) in [5.74, 6) is -0.278. The molecule has 0 atom stereocenters. The predicted octanol–water partition coefficient (Wildman–Crippen LogP) is 5.92. The summed E-state index contributed by atoms with van der Waals surface area (Å²) in [6.07, 6.45) is 2.04. The van der Waals surface area contributed by atoms with Crippen LogP contribution >= 0.6 is 23.2 Å². The van der Waals surface area contributed by atoms with Gasteiger partial charge in [0.15, 0.2) is 0 Å². The molecular formula is C26H27Cl2NO4S. The molecule has 0 N–H and O–H groups in total. The zero-order valence-corrected chi connectivity index (χ0v) is 21.2. The Morgan fingerprint density at radius 2 is 1.53 bits per heavy atom. The van der Waals surface area contributed by atoms with Crippen molar-refractivity contribution in [2.45, 2.75) is 37.1 Å². The fraction of sp³-hybridized carbons (Fsp3) is 0.269. The first-order valence-electron chi connectivity index (χ1n) is 10.9. The van der Waals surface area contributed by atoms with Crippen molar-refractivity contribution in [1.29, 1.82) is 0 Å². The molecule has 0 amide bonds. The minimum Gasteiger partial charge on any atom is -0.469 e. The van der Waals surface area contributed by atoms with E-state index < -0.39 is 10.0 Å². The van der Waals surface area contributed by atoms with Crippen LogP contribution in [0.3, 0.4) is 0 Å². The van der Waals surface area contributed by atoms with Crippen molar-refractivity contribution >= 4 is 39.2 Å².